The Kier molecular flexibility index (Phi) is 6.28. The number of hydrogen-bond donors (Lipinski definition) is 1. The fourth-order valence-corrected chi connectivity index (χ4v) is 3.43. The van der Waals surface area contributed by atoms with Crippen molar-refractivity contribution in [1.82, 2.24) is 14.9 Å². The normalized spacial score (nSPS) is 11.1. The van der Waals surface area contributed by atoms with E-state index in [9.17, 15) is 0 Å². The quantitative estimate of drug-likeness (QED) is 0.271. The third-order valence-corrected chi connectivity index (χ3v) is 5.09. The molecule has 0 bridgehead atoms. The van der Waals surface area contributed by atoms with Crippen molar-refractivity contribution in [3.8, 4) is 17.1 Å². The average Bonchev–Trinajstić information content (AvgIpc) is 3.12. The number of ether oxygens (including phenoxy) is 1. The first-order chi connectivity index (χ1) is 14.6. The molecule has 0 saturated carbocycles. The lowest BCUT2D eigenvalue weighted by Crippen LogP contribution is -1.96. The van der Waals surface area contributed by atoms with E-state index in [1.165, 1.54) is 4.68 Å². The lowest BCUT2D eigenvalue weighted by Gasteiger charge is -2.06. The van der Waals surface area contributed by atoms with Crippen LogP contribution in [-0.4, -0.2) is 21.1 Å². The number of nitrogens with zero attached hydrogens (tertiary/aromatic N) is 3. The number of aromatic amines is 1. The van der Waals surface area contributed by atoms with Gasteiger partial charge in [-0.1, -0.05) is 53.5 Å². The molecular formula is C22H16Cl2N4OS. The molecule has 0 amide bonds. The van der Waals surface area contributed by atoms with Crippen LogP contribution in [0.4, 0.5) is 0 Å². The van der Waals surface area contributed by atoms with Crippen LogP contribution < -0.4 is 4.74 Å². The molecule has 0 unspecified atom stereocenters. The molecule has 0 saturated heterocycles. The van der Waals surface area contributed by atoms with Crippen LogP contribution in [0.1, 0.15) is 11.1 Å². The van der Waals surface area contributed by atoms with Crippen LogP contribution in [0, 0.1) is 4.77 Å². The molecule has 4 aromatic rings. The van der Waals surface area contributed by atoms with Crippen LogP contribution in [0.5, 0.6) is 5.75 Å². The van der Waals surface area contributed by atoms with Gasteiger partial charge in [-0.05, 0) is 65.8 Å². The fraction of sp³-hybridized carbons (Fsp3) is 0.0455. The largest absolute Gasteiger partial charge is 0.489 e. The summed E-state index contributed by atoms with van der Waals surface area (Å²) in [5.74, 6) is 1.28. The zero-order chi connectivity index (χ0) is 20.9. The monoisotopic (exact) mass is 454 g/mol. The molecular weight excluding hydrogens is 439 g/mol. The van der Waals surface area contributed by atoms with Crippen molar-refractivity contribution in [2.24, 2.45) is 5.10 Å². The van der Waals surface area contributed by atoms with Crippen LogP contribution in [-0.2, 0) is 6.61 Å². The molecule has 1 heterocycles. The minimum absolute atomic E-state index is 0.357. The van der Waals surface area contributed by atoms with Gasteiger partial charge in [-0.15, -0.1) is 0 Å². The van der Waals surface area contributed by atoms with E-state index in [0.29, 0.717) is 32.8 Å². The van der Waals surface area contributed by atoms with Gasteiger partial charge in [0.1, 0.15) is 12.4 Å². The number of aromatic nitrogens is 3. The van der Waals surface area contributed by atoms with Crippen molar-refractivity contribution in [3.63, 3.8) is 0 Å². The van der Waals surface area contributed by atoms with E-state index in [-0.39, 0.29) is 0 Å². The highest BCUT2D eigenvalue weighted by Crippen LogP contribution is 2.29. The minimum atomic E-state index is 0.357. The topological polar surface area (TPSA) is 55.2 Å². The van der Waals surface area contributed by atoms with Gasteiger partial charge < -0.3 is 4.74 Å². The molecule has 4 rings (SSSR count). The Bertz CT molecular complexity index is 1230. The first-order valence-electron chi connectivity index (χ1n) is 9.04. The summed E-state index contributed by atoms with van der Waals surface area (Å²) in [5.41, 5.74) is 2.68. The Balaban J connectivity index is 1.50. The number of rotatable bonds is 6. The van der Waals surface area contributed by atoms with E-state index in [4.69, 9.17) is 40.2 Å². The summed E-state index contributed by atoms with van der Waals surface area (Å²) < 4.78 is 7.68. The molecule has 0 fully saturated rings. The van der Waals surface area contributed by atoms with Gasteiger partial charge in [0.2, 0.25) is 4.77 Å². The van der Waals surface area contributed by atoms with Crippen LogP contribution >= 0.6 is 35.4 Å². The molecule has 150 valence electrons. The Morgan fingerprint density at radius 2 is 1.80 bits per heavy atom. The molecule has 0 aliphatic carbocycles. The SMILES string of the molecule is S=c1[nH]nc(-c2ccc(Cl)cc2Cl)n1/N=C/c1ccc(OCc2ccccc2)cc1. The molecule has 0 aliphatic heterocycles. The van der Waals surface area contributed by atoms with E-state index in [1.54, 1.807) is 24.4 Å². The lowest BCUT2D eigenvalue weighted by molar-refractivity contribution is 0.306. The van der Waals surface area contributed by atoms with Gasteiger partial charge in [0, 0.05) is 10.6 Å². The second kappa shape index (κ2) is 9.26. The average molecular weight is 455 g/mol. The zero-order valence-electron chi connectivity index (χ0n) is 15.6. The summed E-state index contributed by atoms with van der Waals surface area (Å²) in [7, 11) is 0. The third-order valence-electron chi connectivity index (χ3n) is 4.27. The van der Waals surface area contributed by atoms with Crippen LogP contribution in [0.25, 0.3) is 11.4 Å². The van der Waals surface area contributed by atoms with Gasteiger partial charge in [0.05, 0.1) is 11.2 Å². The van der Waals surface area contributed by atoms with Crippen LogP contribution in [0.2, 0.25) is 10.0 Å². The Labute approximate surface area is 188 Å². The highest BCUT2D eigenvalue weighted by molar-refractivity contribution is 7.71. The molecule has 0 radical (unpaired) electrons. The maximum Gasteiger partial charge on any atom is 0.216 e. The molecule has 3 aromatic carbocycles. The fourth-order valence-electron chi connectivity index (χ4n) is 2.76. The summed E-state index contributed by atoms with van der Waals surface area (Å²) in [5, 5.41) is 12.5. The van der Waals surface area contributed by atoms with Crippen molar-refractivity contribution in [2.75, 3.05) is 0 Å². The lowest BCUT2D eigenvalue weighted by atomic mass is 10.2. The van der Waals surface area contributed by atoms with Crippen molar-refractivity contribution in [3.05, 3.63) is 98.7 Å². The molecule has 0 aliphatic rings. The molecule has 1 aromatic heterocycles. The van der Waals surface area contributed by atoms with Crippen molar-refractivity contribution in [2.45, 2.75) is 6.61 Å². The third kappa shape index (κ3) is 4.79. The molecule has 5 nitrogen and oxygen atoms in total. The Morgan fingerprint density at radius 1 is 1.03 bits per heavy atom. The van der Waals surface area contributed by atoms with Crippen molar-refractivity contribution in [1.29, 1.82) is 0 Å². The van der Waals surface area contributed by atoms with Crippen LogP contribution in [0.15, 0.2) is 77.9 Å². The first-order valence-corrected chi connectivity index (χ1v) is 10.2. The highest BCUT2D eigenvalue weighted by Gasteiger charge is 2.12. The summed E-state index contributed by atoms with van der Waals surface area (Å²) in [6.45, 7) is 0.518. The van der Waals surface area contributed by atoms with E-state index in [0.717, 1.165) is 16.9 Å². The maximum atomic E-state index is 6.30. The number of H-pyrrole nitrogens is 1. The number of benzene rings is 3. The van der Waals surface area contributed by atoms with Gasteiger partial charge in [-0.2, -0.15) is 14.9 Å². The number of hydrogen-bond acceptors (Lipinski definition) is 4. The molecule has 1 N–H and O–H groups in total. The predicted octanol–water partition coefficient (Wildman–Crippen LogP) is 6.38. The second-order valence-corrected chi connectivity index (χ2v) is 7.61. The van der Waals surface area contributed by atoms with Gasteiger partial charge in [0.25, 0.3) is 0 Å². The van der Waals surface area contributed by atoms with Gasteiger partial charge >= 0.3 is 0 Å². The molecule has 30 heavy (non-hydrogen) atoms. The van der Waals surface area contributed by atoms with E-state index < -0.39 is 0 Å². The summed E-state index contributed by atoms with van der Waals surface area (Å²) >= 11 is 17.6. The molecule has 8 heteroatoms. The van der Waals surface area contributed by atoms with Gasteiger partial charge in [0.15, 0.2) is 5.82 Å². The standard InChI is InChI=1S/C22H16Cl2N4OS/c23-17-8-11-19(20(24)12-17)21-26-27-22(30)28(21)25-13-15-6-9-18(10-7-15)29-14-16-4-2-1-3-5-16/h1-13H,14H2,(H,27,30)/b25-13+. The summed E-state index contributed by atoms with van der Waals surface area (Å²) in [6, 6.07) is 22.8. The minimum Gasteiger partial charge on any atom is -0.489 e. The maximum absolute atomic E-state index is 6.30. The Morgan fingerprint density at radius 3 is 2.53 bits per heavy atom. The number of halogens is 2. The van der Waals surface area contributed by atoms with Crippen molar-refractivity contribution < 1.29 is 4.74 Å². The molecule has 0 spiro atoms. The highest BCUT2D eigenvalue weighted by atomic mass is 35.5. The van der Waals surface area contributed by atoms with Crippen molar-refractivity contribution >= 4 is 41.6 Å². The Hall–Kier alpha value is -2.93. The summed E-state index contributed by atoms with van der Waals surface area (Å²) in [6.07, 6.45) is 1.69. The molecule has 0 atom stereocenters. The zero-order valence-corrected chi connectivity index (χ0v) is 18.0. The van der Waals surface area contributed by atoms with E-state index >= 15 is 0 Å². The first kappa shape index (κ1) is 20.3. The predicted molar refractivity (Wildman–Crippen MR) is 123 cm³/mol. The van der Waals surface area contributed by atoms with Gasteiger partial charge in [-0.25, -0.2) is 5.10 Å². The summed E-state index contributed by atoms with van der Waals surface area (Å²) in [4.78, 5) is 0. The van der Waals surface area contributed by atoms with Gasteiger partial charge in [-0.3, -0.25) is 0 Å². The van der Waals surface area contributed by atoms with E-state index in [2.05, 4.69) is 15.3 Å². The smallest absolute Gasteiger partial charge is 0.216 e. The number of nitrogens with one attached hydrogen (secondary N) is 1. The second-order valence-electron chi connectivity index (χ2n) is 6.38. The van der Waals surface area contributed by atoms with Crippen LogP contribution in [0.3, 0.4) is 0 Å². The van der Waals surface area contributed by atoms with E-state index in [1.807, 2.05) is 54.6 Å².